The van der Waals surface area contributed by atoms with Gasteiger partial charge in [-0.15, -0.1) is 23.7 Å². The van der Waals surface area contributed by atoms with Gasteiger partial charge in [0.1, 0.15) is 0 Å². The summed E-state index contributed by atoms with van der Waals surface area (Å²) in [5.74, 6) is 0. The van der Waals surface area contributed by atoms with Crippen molar-refractivity contribution in [2.75, 3.05) is 39.3 Å². The van der Waals surface area contributed by atoms with Gasteiger partial charge < -0.3 is 5.32 Å². The molecule has 0 bridgehead atoms. The predicted molar refractivity (Wildman–Crippen MR) is 85.7 cm³/mol. The lowest BCUT2D eigenvalue weighted by Crippen LogP contribution is -2.52. The van der Waals surface area contributed by atoms with Gasteiger partial charge in [-0.1, -0.05) is 0 Å². The Morgan fingerprint density at radius 3 is 2.57 bits per heavy atom. The Labute approximate surface area is 136 Å². The van der Waals surface area contributed by atoms with Gasteiger partial charge in [0.15, 0.2) is 4.21 Å². The molecule has 1 N–H and O–H groups in total. The number of rotatable bonds is 3. The number of hydrogen-bond acceptors (Lipinski definition) is 6. The molecule has 2 aliphatic rings. The average molecular weight is 353 g/mol. The van der Waals surface area contributed by atoms with Crippen molar-refractivity contribution >= 4 is 33.8 Å². The summed E-state index contributed by atoms with van der Waals surface area (Å²) in [5, 5.41) is 4.15. The fourth-order valence-electron chi connectivity index (χ4n) is 2.85. The quantitative estimate of drug-likeness (QED) is 0.860. The van der Waals surface area contributed by atoms with Crippen molar-refractivity contribution in [3.8, 4) is 0 Å². The van der Waals surface area contributed by atoms with E-state index in [1.54, 1.807) is 4.31 Å². The van der Waals surface area contributed by atoms with Crippen LogP contribution >= 0.6 is 23.7 Å². The van der Waals surface area contributed by atoms with Crippen molar-refractivity contribution in [2.45, 2.75) is 23.6 Å². The van der Waals surface area contributed by atoms with E-state index in [9.17, 15) is 8.42 Å². The van der Waals surface area contributed by atoms with Crippen molar-refractivity contribution in [1.82, 2.24) is 19.5 Å². The zero-order chi connectivity index (χ0) is 14.2. The maximum Gasteiger partial charge on any atom is 0.254 e. The Bertz CT molecular complexity index is 564. The molecular formula is C12H21ClN4O2S2. The van der Waals surface area contributed by atoms with E-state index in [4.69, 9.17) is 0 Å². The van der Waals surface area contributed by atoms with E-state index in [-0.39, 0.29) is 12.4 Å². The van der Waals surface area contributed by atoms with Gasteiger partial charge in [0.05, 0.1) is 11.2 Å². The third-order valence-electron chi connectivity index (χ3n) is 4.02. The molecule has 120 valence electrons. The van der Waals surface area contributed by atoms with Crippen LogP contribution in [0.25, 0.3) is 0 Å². The van der Waals surface area contributed by atoms with E-state index in [0.29, 0.717) is 23.3 Å². The van der Waals surface area contributed by atoms with Gasteiger partial charge in [-0.25, -0.2) is 13.4 Å². The summed E-state index contributed by atoms with van der Waals surface area (Å²) in [6, 6.07) is 0.575. The maximum atomic E-state index is 12.5. The molecule has 3 rings (SSSR count). The van der Waals surface area contributed by atoms with Gasteiger partial charge in [-0.2, -0.15) is 4.31 Å². The van der Waals surface area contributed by atoms with Gasteiger partial charge in [0, 0.05) is 38.8 Å². The molecule has 1 aromatic heterocycles. The second-order valence-corrected chi connectivity index (χ2v) is 8.68. The highest BCUT2D eigenvalue weighted by molar-refractivity contribution is 7.91. The lowest BCUT2D eigenvalue weighted by Gasteiger charge is -2.36. The molecule has 1 aromatic rings. The lowest BCUT2D eigenvalue weighted by atomic mass is 10.2. The number of piperazine rings is 1. The average Bonchev–Trinajstić information content (AvgIpc) is 3.10. The fourth-order valence-corrected chi connectivity index (χ4v) is 5.53. The topological polar surface area (TPSA) is 65.5 Å². The molecule has 6 nitrogen and oxygen atoms in total. The van der Waals surface area contributed by atoms with Crippen LogP contribution in [0, 0.1) is 6.92 Å². The molecule has 0 radical (unpaired) electrons. The van der Waals surface area contributed by atoms with Crippen molar-refractivity contribution in [2.24, 2.45) is 0 Å². The van der Waals surface area contributed by atoms with Crippen LogP contribution < -0.4 is 5.32 Å². The number of aromatic nitrogens is 1. The summed E-state index contributed by atoms with van der Waals surface area (Å²) in [5.41, 5.74) is 0. The van der Waals surface area contributed by atoms with E-state index in [1.807, 2.05) is 6.92 Å². The molecule has 0 saturated carbocycles. The number of nitrogens with one attached hydrogen (secondary N) is 1. The first-order valence-corrected chi connectivity index (χ1v) is 9.20. The number of sulfonamides is 1. The van der Waals surface area contributed by atoms with Crippen LogP contribution in [0.1, 0.15) is 11.4 Å². The van der Waals surface area contributed by atoms with E-state index >= 15 is 0 Å². The maximum absolute atomic E-state index is 12.5. The molecule has 0 amide bonds. The van der Waals surface area contributed by atoms with Gasteiger partial charge in [-0.3, -0.25) is 4.90 Å². The molecule has 0 aliphatic carbocycles. The monoisotopic (exact) mass is 352 g/mol. The number of nitrogens with zero attached hydrogens (tertiary/aromatic N) is 3. The number of halogens is 1. The van der Waals surface area contributed by atoms with E-state index in [1.165, 1.54) is 24.0 Å². The summed E-state index contributed by atoms with van der Waals surface area (Å²) in [7, 11) is -3.34. The minimum atomic E-state index is -3.34. The Morgan fingerprint density at radius 2 is 2.05 bits per heavy atom. The molecule has 21 heavy (non-hydrogen) atoms. The van der Waals surface area contributed by atoms with Crippen LogP contribution in [-0.2, 0) is 10.0 Å². The molecule has 2 aliphatic heterocycles. The zero-order valence-electron chi connectivity index (χ0n) is 12.0. The number of aryl methyl sites for hydroxylation is 1. The zero-order valence-corrected chi connectivity index (χ0v) is 14.4. The summed E-state index contributed by atoms with van der Waals surface area (Å²) >= 11 is 1.25. The van der Waals surface area contributed by atoms with Gasteiger partial charge in [0.25, 0.3) is 10.0 Å². The summed E-state index contributed by atoms with van der Waals surface area (Å²) < 4.78 is 27.0. The second kappa shape index (κ2) is 6.89. The Balaban J connectivity index is 0.00000161. The molecule has 1 atom stereocenters. The first-order valence-electron chi connectivity index (χ1n) is 6.95. The van der Waals surface area contributed by atoms with Crippen molar-refractivity contribution in [3.05, 3.63) is 11.2 Å². The third-order valence-corrected chi connectivity index (χ3v) is 7.27. The largest absolute Gasteiger partial charge is 0.315 e. The van der Waals surface area contributed by atoms with Crippen LogP contribution in [0.15, 0.2) is 10.4 Å². The van der Waals surface area contributed by atoms with Gasteiger partial charge in [0.2, 0.25) is 0 Å². The van der Waals surface area contributed by atoms with E-state index in [2.05, 4.69) is 15.2 Å². The highest BCUT2D eigenvalue weighted by Gasteiger charge is 2.32. The third kappa shape index (κ3) is 3.57. The van der Waals surface area contributed by atoms with E-state index < -0.39 is 10.0 Å². The molecule has 2 saturated heterocycles. The summed E-state index contributed by atoms with van der Waals surface area (Å²) in [4.78, 5) is 6.46. The SMILES string of the molecule is Cc1ncc(S(=O)(=O)N2CCN(C3CCNC3)CC2)s1.Cl. The molecule has 9 heteroatoms. The number of hydrogen-bond donors (Lipinski definition) is 1. The summed E-state index contributed by atoms with van der Waals surface area (Å²) in [6.07, 6.45) is 2.64. The normalized spacial score (nSPS) is 24.9. The molecule has 2 fully saturated rings. The minimum Gasteiger partial charge on any atom is -0.315 e. The van der Waals surface area contributed by atoms with Crippen LogP contribution in [0.2, 0.25) is 0 Å². The molecule has 1 unspecified atom stereocenters. The van der Waals surface area contributed by atoms with Crippen LogP contribution in [0.3, 0.4) is 0 Å². The molecule has 0 spiro atoms. The Morgan fingerprint density at radius 1 is 1.33 bits per heavy atom. The summed E-state index contributed by atoms with van der Waals surface area (Å²) in [6.45, 7) is 6.73. The number of thiazole rings is 1. The standard InChI is InChI=1S/C12H20N4O2S2.ClH/c1-10-14-9-12(19-10)20(17,18)16-6-4-15(5-7-16)11-2-3-13-8-11;/h9,11,13H,2-8H2,1H3;1H. The van der Waals surface area contributed by atoms with Crippen molar-refractivity contribution < 1.29 is 8.42 Å². The van der Waals surface area contributed by atoms with E-state index in [0.717, 1.165) is 31.2 Å². The Kier molecular flexibility index (Phi) is 5.61. The minimum absolute atomic E-state index is 0. The van der Waals surface area contributed by atoms with Gasteiger partial charge >= 0.3 is 0 Å². The van der Waals surface area contributed by atoms with Crippen LogP contribution in [-0.4, -0.2) is 67.9 Å². The fraction of sp³-hybridized carbons (Fsp3) is 0.750. The molecule has 0 aromatic carbocycles. The smallest absolute Gasteiger partial charge is 0.254 e. The highest BCUT2D eigenvalue weighted by atomic mass is 35.5. The first kappa shape index (κ1) is 17.1. The van der Waals surface area contributed by atoms with Crippen LogP contribution in [0.5, 0.6) is 0 Å². The second-order valence-electron chi connectivity index (χ2n) is 5.28. The first-order chi connectivity index (χ1) is 9.57. The van der Waals surface area contributed by atoms with Crippen LogP contribution in [0.4, 0.5) is 0 Å². The van der Waals surface area contributed by atoms with Gasteiger partial charge in [-0.05, 0) is 19.9 Å². The Hall–Kier alpha value is -0.250. The lowest BCUT2D eigenvalue weighted by molar-refractivity contribution is 0.145. The predicted octanol–water partition coefficient (Wildman–Crippen LogP) is 0.542. The molecular weight excluding hydrogens is 332 g/mol. The highest BCUT2D eigenvalue weighted by Crippen LogP contribution is 2.24. The van der Waals surface area contributed by atoms with Crippen molar-refractivity contribution in [1.29, 1.82) is 0 Å². The molecule has 3 heterocycles. The van der Waals surface area contributed by atoms with Crippen molar-refractivity contribution in [3.63, 3.8) is 0 Å².